The molecular formula is C29H33ClN2O4. The monoisotopic (exact) mass is 508 g/mol. The molecule has 0 radical (unpaired) electrons. The molecule has 3 aromatic rings. The van der Waals surface area contributed by atoms with Crippen LogP contribution in [0.2, 0.25) is 5.02 Å². The maximum atomic E-state index is 13.6. The molecule has 0 saturated heterocycles. The standard InChI is InChI=1S/C29H33ClN2O4/c1-21(2)17-18-31-29(34)28(23-9-5-4-6-10-23)32(19-22-13-15-24(35-3)16-14-22)27(33)20-36-26-12-8-7-11-25(26)30/h4-16,21,28H,17-20H2,1-3H3,(H,31,34). The second-order valence-electron chi connectivity index (χ2n) is 8.88. The Morgan fingerprint density at radius 2 is 1.61 bits per heavy atom. The van der Waals surface area contributed by atoms with Crippen LogP contribution in [0.4, 0.5) is 0 Å². The highest BCUT2D eigenvalue weighted by molar-refractivity contribution is 6.32. The number of amides is 2. The highest BCUT2D eigenvalue weighted by Gasteiger charge is 2.31. The van der Waals surface area contributed by atoms with E-state index in [1.165, 1.54) is 0 Å². The van der Waals surface area contributed by atoms with Crippen LogP contribution in [0.5, 0.6) is 11.5 Å². The lowest BCUT2D eigenvalue weighted by atomic mass is 10.0. The number of halogens is 1. The van der Waals surface area contributed by atoms with Gasteiger partial charge in [0.25, 0.3) is 5.91 Å². The topological polar surface area (TPSA) is 67.9 Å². The van der Waals surface area contributed by atoms with E-state index in [2.05, 4.69) is 19.2 Å². The van der Waals surface area contributed by atoms with E-state index in [0.717, 1.165) is 17.5 Å². The van der Waals surface area contributed by atoms with Crippen molar-refractivity contribution in [1.82, 2.24) is 10.2 Å². The molecule has 3 rings (SSSR count). The SMILES string of the molecule is COc1ccc(CN(C(=O)COc2ccccc2Cl)C(C(=O)NCCC(C)C)c2ccccc2)cc1. The Labute approximate surface area is 218 Å². The number of nitrogens with one attached hydrogen (secondary N) is 1. The van der Waals surface area contributed by atoms with Gasteiger partial charge < -0.3 is 19.7 Å². The Kier molecular flexibility index (Phi) is 10.2. The van der Waals surface area contributed by atoms with E-state index in [0.29, 0.717) is 29.0 Å². The van der Waals surface area contributed by atoms with Crippen LogP contribution in [-0.2, 0) is 16.1 Å². The third-order valence-corrected chi connectivity index (χ3v) is 6.03. The number of carbonyl (C=O) groups is 2. The number of benzene rings is 3. The Balaban J connectivity index is 1.92. The average Bonchev–Trinajstić information content (AvgIpc) is 2.88. The van der Waals surface area contributed by atoms with Crippen molar-refractivity contribution in [2.75, 3.05) is 20.3 Å². The third kappa shape index (κ3) is 7.75. The molecule has 0 saturated carbocycles. The Hall–Kier alpha value is -3.51. The van der Waals surface area contributed by atoms with Crippen molar-refractivity contribution >= 4 is 23.4 Å². The molecule has 190 valence electrons. The van der Waals surface area contributed by atoms with E-state index in [9.17, 15) is 9.59 Å². The van der Waals surface area contributed by atoms with E-state index >= 15 is 0 Å². The number of carbonyl (C=O) groups excluding carboxylic acids is 2. The van der Waals surface area contributed by atoms with E-state index in [1.54, 1.807) is 36.3 Å². The highest BCUT2D eigenvalue weighted by Crippen LogP contribution is 2.27. The smallest absolute Gasteiger partial charge is 0.261 e. The summed E-state index contributed by atoms with van der Waals surface area (Å²) in [6.07, 6.45) is 0.843. The van der Waals surface area contributed by atoms with Crippen molar-refractivity contribution in [2.24, 2.45) is 5.92 Å². The molecule has 0 aliphatic heterocycles. The number of methoxy groups -OCH3 is 1. The van der Waals surface area contributed by atoms with Crippen LogP contribution < -0.4 is 14.8 Å². The molecule has 1 atom stereocenters. The first-order valence-electron chi connectivity index (χ1n) is 12.0. The van der Waals surface area contributed by atoms with E-state index < -0.39 is 6.04 Å². The fourth-order valence-electron chi connectivity index (χ4n) is 3.72. The molecule has 1 N–H and O–H groups in total. The zero-order chi connectivity index (χ0) is 25.9. The minimum atomic E-state index is -0.831. The second-order valence-corrected chi connectivity index (χ2v) is 9.28. The summed E-state index contributed by atoms with van der Waals surface area (Å²) < 4.78 is 11.0. The van der Waals surface area contributed by atoms with Crippen LogP contribution in [0.25, 0.3) is 0 Å². The van der Waals surface area contributed by atoms with Crippen molar-refractivity contribution in [3.63, 3.8) is 0 Å². The molecule has 0 fully saturated rings. The van der Waals surface area contributed by atoms with Gasteiger partial charge in [-0.1, -0.05) is 80.0 Å². The summed E-state index contributed by atoms with van der Waals surface area (Å²) in [6, 6.07) is 22.9. The zero-order valence-corrected chi connectivity index (χ0v) is 21.7. The van der Waals surface area contributed by atoms with Gasteiger partial charge in [-0.25, -0.2) is 0 Å². The van der Waals surface area contributed by atoms with Crippen LogP contribution in [0.3, 0.4) is 0 Å². The molecule has 6 nitrogen and oxygen atoms in total. The normalized spacial score (nSPS) is 11.6. The summed E-state index contributed by atoms with van der Waals surface area (Å²) in [7, 11) is 1.60. The van der Waals surface area contributed by atoms with Crippen molar-refractivity contribution in [3.05, 3.63) is 95.0 Å². The van der Waals surface area contributed by atoms with E-state index in [-0.39, 0.29) is 25.0 Å². The van der Waals surface area contributed by atoms with Crippen molar-refractivity contribution in [2.45, 2.75) is 32.9 Å². The fraction of sp³-hybridized carbons (Fsp3) is 0.310. The second kappa shape index (κ2) is 13.5. The Morgan fingerprint density at radius 3 is 2.25 bits per heavy atom. The van der Waals surface area contributed by atoms with Gasteiger partial charge >= 0.3 is 0 Å². The molecular weight excluding hydrogens is 476 g/mol. The number of ether oxygens (including phenoxy) is 2. The van der Waals surface area contributed by atoms with Gasteiger partial charge in [0.1, 0.15) is 17.5 Å². The Morgan fingerprint density at radius 1 is 0.944 bits per heavy atom. The van der Waals surface area contributed by atoms with Crippen LogP contribution in [-0.4, -0.2) is 37.0 Å². The summed E-state index contributed by atoms with van der Waals surface area (Å²) in [5, 5.41) is 3.43. The van der Waals surface area contributed by atoms with Crippen LogP contribution >= 0.6 is 11.6 Å². The number of hydrogen-bond acceptors (Lipinski definition) is 4. The first-order valence-corrected chi connectivity index (χ1v) is 12.4. The maximum Gasteiger partial charge on any atom is 0.261 e. The van der Waals surface area contributed by atoms with Crippen molar-refractivity contribution in [3.8, 4) is 11.5 Å². The summed E-state index contributed by atoms with van der Waals surface area (Å²) in [5.74, 6) is 1.00. The van der Waals surface area contributed by atoms with Crippen LogP contribution in [0, 0.1) is 5.92 Å². The lowest BCUT2D eigenvalue weighted by Crippen LogP contribution is -2.45. The molecule has 2 amide bonds. The van der Waals surface area contributed by atoms with Gasteiger partial charge in [-0.05, 0) is 47.7 Å². The molecule has 0 heterocycles. The molecule has 1 unspecified atom stereocenters. The summed E-state index contributed by atoms with van der Waals surface area (Å²) >= 11 is 6.21. The molecule has 0 aliphatic carbocycles. The molecule has 36 heavy (non-hydrogen) atoms. The third-order valence-electron chi connectivity index (χ3n) is 5.72. The van der Waals surface area contributed by atoms with Gasteiger partial charge in [-0.3, -0.25) is 9.59 Å². The van der Waals surface area contributed by atoms with Gasteiger partial charge in [0.05, 0.1) is 12.1 Å². The number of nitrogens with zero attached hydrogens (tertiary/aromatic N) is 1. The molecule has 0 aliphatic rings. The van der Waals surface area contributed by atoms with Gasteiger partial charge in [-0.15, -0.1) is 0 Å². The predicted octanol–water partition coefficient (Wildman–Crippen LogP) is 5.66. The van der Waals surface area contributed by atoms with Gasteiger partial charge in [0.2, 0.25) is 5.91 Å². The molecule has 0 bridgehead atoms. The minimum absolute atomic E-state index is 0.214. The van der Waals surface area contributed by atoms with Crippen LogP contribution in [0.15, 0.2) is 78.9 Å². The van der Waals surface area contributed by atoms with Gasteiger partial charge in [-0.2, -0.15) is 0 Å². The maximum absolute atomic E-state index is 13.6. The minimum Gasteiger partial charge on any atom is -0.497 e. The first kappa shape index (κ1) is 27.1. The number of rotatable bonds is 12. The zero-order valence-electron chi connectivity index (χ0n) is 20.9. The lowest BCUT2D eigenvalue weighted by molar-refractivity contribution is -0.143. The van der Waals surface area contributed by atoms with E-state index in [4.69, 9.17) is 21.1 Å². The molecule has 3 aromatic carbocycles. The predicted molar refractivity (Wildman–Crippen MR) is 142 cm³/mol. The Bertz CT molecular complexity index is 1120. The summed E-state index contributed by atoms with van der Waals surface area (Å²) in [6.45, 7) is 4.69. The average molecular weight is 509 g/mol. The van der Waals surface area contributed by atoms with E-state index in [1.807, 2.05) is 54.6 Å². The van der Waals surface area contributed by atoms with Gasteiger partial charge in [0.15, 0.2) is 6.61 Å². The number of para-hydroxylation sites is 1. The molecule has 0 aromatic heterocycles. The highest BCUT2D eigenvalue weighted by atomic mass is 35.5. The first-order chi connectivity index (χ1) is 17.4. The van der Waals surface area contributed by atoms with Crippen molar-refractivity contribution in [1.29, 1.82) is 0 Å². The quantitative estimate of drug-likeness (QED) is 0.343. The lowest BCUT2D eigenvalue weighted by Gasteiger charge is -2.31. The number of hydrogen-bond donors (Lipinski definition) is 1. The van der Waals surface area contributed by atoms with Crippen LogP contribution in [0.1, 0.15) is 37.4 Å². The van der Waals surface area contributed by atoms with Gasteiger partial charge in [0, 0.05) is 13.1 Å². The van der Waals surface area contributed by atoms with Crippen molar-refractivity contribution < 1.29 is 19.1 Å². The largest absolute Gasteiger partial charge is 0.497 e. The fourth-order valence-corrected chi connectivity index (χ4v) is 3.91. The molecule has 7 heteroatoms. The summed E-state index contributed by atoms with van der Waals surface area (Å²) in [4.78, 5) is 28.7. The summed E-state index contributed by atoms with van der Waals surface area (Å²) in [5.41, 5.74) is 1.58. The molecule has 0 spiro atoms.